The molecular weight excluding hydrogens is 418 g/mol. The highest BCUT2D eigenvalue weighted by Crippen LogP contribution is 2.47. The first-order chi connectivity index (χ1) is 15.6. The molecule has 1 saturated carbocycles. The molecule has 1 N–H and O–H groups in total. The summed E-state index contributed by atoms with van der Waals surface area (Å²) in [5.74, 6) is -0.778. The van der Waals surface area contributed by atoms with E-state index in [0.717, 1.165) is 49.1 Å². The molecule has 1 aromatic rings. The number of allylic oxidation sites excluding steroid dienone is 3. The topological polar surface area (TPSA) is 81.7 Å². The van der Waals surface area contributed by atoms with Gasteiger partial charge in [-0.3, -0.25) is 9.59 Å². The molecule has 0 aromatic heterocycles. The van der Waals surface area contributed by atoms with Crippen molar-refractivity contribution >= 4 is 17.7 Å². The van der Waals surface area contributed by atoms with Gasteiger partial charge in [0.2, 0.25) is 0 Å². The predicted molar refractivity (Wildman–Crippen MR) is 124 cm³/mol. The van der Waals surface area contributed by atoms with Crippen LogP contribution in [0.25, 0.3) is 0 Å². The molecule has 176 valence electrons. The van der Waals surface area contributed by atoms with Gasteiger partial charge in [-0.25, -0.2) is 4.79 Å². The van der Waals surface area contributed by atoms with Crippen molar-refractivity contribution in [3.05, 3.63) is 52.4 Å². The minimum Gasteiger partial charge on any atom is -0.459 e. The minimum absolute atomic E-state index is 0.0540. The van der Waals surface area contributed by atoms with Gasteiger partial charge < -0.3 is 14.8 Å². The van der Waals surface area contributed by atoms with Crippen molar-refractivity contribution in [1.82, 2.24) is 5.32 Å². The van der Waals surface area contributed by atoms with Crippen LogP contribution in [-0.2, 0) is 19.1 Å². The molecular formula is C27H33NO5. The van der Waals surface area contributed by atoms with Crippen LogP contribution in [0, 0.1) is 5.41 Å². The molecule has 0 radical (unpaired) electrons. The number of carbonyl (C=O) groups excluding carboxylic acids is 3. The first-order valence-corrected chi connectivity index (χ1v) is 11.9. The average Bonchev–Trinajstić information content (AvgIpc) is 2.72. The predicted octanol–water partition coefficient (Wildman–Crippen LogP) is 5.09. The lowest BCUT2D eigenvalue weighted by Gasteiger charge is -2.39. The third kappa shape index (κ3) is 5.05. The van der Waals surface area contributed by atoms with E-state index in [0.29, 0.717) is 23.3 Å². The lowest BCUT2D eigenvalue weighted by atomic mass is 9.68. The molecule has 0 saturated heterocycles. The van der Waals surface area contributed by atoms with Crippen molar-refractivity contribution in [2.45, 2.75) is 84.7 Å². The Bertz CT molecular complexity index is 1030. The number of Topliss-reactive ketones (excluding diaryl/α,β-unsaturated/α-hetero) is 1. The Balaban J connectivity index is 1.73. The summed E-state index contributed by atoms with van der Waals surface area (Å²) >= 11 is 0. The van der Waals surface area contributed by atoms with E-state index in [1.54, 1.807) is 12.1 Å². The number of hydrogen-bond acceptors (Lipinski definition) is 6. The van der Waals surface area contributed by atoms with Crippen LogP contribution >= 0.6 is 0 Å². The molecule has 0 spiro atoms. The molecule has 6 heteroatoms. The van der Waals surface area contributed by atoms with E-state index in [1.807, 2.05) is 19.1 Å². The molecule has 4 rings (SSSR count). The number of carbonyl (C=O) groups is 3. The molecule has 1 atom stereocenters. The number of hydrogen-bond donors (Lipinski definition) is 1. The van der Waals surface area contributed by atoms with Crippen molar-refractivity contribution in [3.8, 4) is 5.75 Å². The maximum atomic E-state index is 13.5. The van der Waals surface area contributed by atoms with Gasteiger partial charge in [0.25, 0.3) is 0 Å². The molecule has 0 bridgehead atoms. The number of nitrogens with one attached hydrogen (secondary N) is 1. The van der Waals surface area contributed by atoms with Gasteiger partial charge in [-0.05, 0) is 62.1 Å². The van der Waals surface area contributed by atoms with E-state index >= 15 is 0 Å². The number of rotatable bonds is 4. The molecule has 1 aliphatic heterocycles. The maximum absolute atomic E-state index is 13.5. The molecule has 0 unspecified atom stereocenters. The van der Waals surface area contributed by atoms with Gasteiger partial charge in [-0.15, -0.1) is 0 Å². The van der Waals surface area contributed by atoms with E-state index in [9.17, 15) is 14.4 Å². The van der Waals surface area contributed by atoms with E-state index in [4.69, 9.17) is 9.47 Å². The first-order valence-electron chi connectivity index (χ1n) is 11.9. The summed E-state index contributed by atoms with van der Waals surface area (Å²) in [7, 11) is 0. The second-order valence-corrected chi connectivity index (χ2v) is 10.3. The largest absolute Gasteiger partial charge is 0.459 e. The van der Waals surface area contributed by atoms with Gasteiger partial charge >= 0.3 is 11.9 Å². The van der Waals surface area contributed by atoms with Crippen LogP contribution in [0.15, 0.2) is 46.8 Å². The van der Waals surface area contributed by atoms with Crippen molar-refractivity contribution in [2.75, 3.05) is 0 Å². The Morgan fingerprint density at radius 3 is 2.33 bits per heavy atom. The Morgan fingerprint density at radius 2 is 1.70 bits per heavy atom. The summed E-state index contributed by atoms with van der Waals surface area (Å²) in [5, 5.41) is 3.38. The fraction of sp³-hybridized carbons (Fsp3) is 0.519. The van der Waals surface area contributed by atoms with Crippen LogP contribution in [-0.4, -0.2) is 23.8 Å². The highest BCUT2D eigenvalue weighted by atomic mass is 16.5. The monoisotopic (exact) mass is 451 g/mol. The van der Waals surface area contributed by atoms with Crippen LogP contribution < -0.4 is 10.1 Å². The SMILES string of the molecule is CC(=O)Oc1ccc([C@@H]2C(C(=O)OC3CCCCC3)=C(C)NC3=C2C(=O)CC(C)(C)C3)cc1. The van der Waals surface area contributed by atoms with Crippen molar-refractivity contribution < 1.29 is 23.9 Å². The smallest absolute Gasteiger partial charge is 0.337 e. The van der Waals surface area contributed by atoms with Gasteiger partial charge in [0.15, 0.2) is 5.78 Å². The highest BCUT2D eigenvalue weighted by Gasteiger charge is 2.43. The van der Waals surface area contributed by atoms with Crippen molar-refractivity contribution in [3.63, 3.8) is 0 Å². The molecule has 33 heavy (non-hydrogen) atoms. The third-order valence-corrected chi connectivity index (χ3v) is 6.76. The third-order valence-electron chi connectivity index (χ3n) is 6.76. The molecule has 1 aromatic carbocycles. The Kier molecular flexibility index (Phi) is 6.46. The van der Waals surface area contributed by atoms with Crippen molar-refractivity contribution in [1.29, 1.82) is 0 Å². The van der Waals surface area contributed by atoms with Crippen LogP contribution in [0.5, 0.6) is 5.75 Å². The van der Waals surface area contributed by atoms with Crippen LogP contribution in [0.2, 0.25) is 0 Å². The summed E-state index contributed by atoms with van der Waals surface area (Å²) in [6.07, 6.45) is 6.17. The van der Waals surface area contributed by atoms with Gasteiger partial charge in [0, 0.05) is 36.2 Å². The number of ether oxygens (including phenoxy) is 2. The Morgan fingerprint density at radius 1 is 1.03 bits per heavy atom. The second kappa shape index (κ2) is 9.16. The fourth-order valence-corrected chi connectivity index (χ4v) is 5.33. The molecule has 6 nitrogen and oxygen atoms in total. The van der Waals surface area contributed by atoms with Crippen LogP contribution in [0.1, 0.15) is 84.1 Å². The summed E-state index contributed by atoms with van der Waals surface area (Å²) in [6.45, 7) is 7.41. The number of ketones is 1. The van der Waals surface area contributed by atoms with E-state index in [2.05, 4.69) is 19.2 Å². The summed E-state index contributed by atoms with van der Waals surface area (Å²) < 4.78 is 11.1. The molecule has 0 amide bonds. The summed E-state index contributed by atoms with van der Waals surface area (Å²) in [6, 6.07) is 7.06. The van der Waals surface area contributed by atoms with Gasteiger partial charge in [0.05, 0.1) is 5.57 Å². The number of esters is 2. The normalized spacial score (nSPS) is 23.0. The quantitative estimate of drug-likeness (QED) is 0.507. The van der Waals surface area contributed by atoms with Crippen LogP contribution in [0.4, 0.5) is 0 Å². The molecule has 3 aliphatic rings. The lowest BCUT2D eigenvalue weighted by molar-refractivity contribution is -0.146. The lowest BCUT2D eigenvalue weighted by Crippen LogP contribution is -2.39. The van der Waals surface area contributed by atoms with Crippen LogP contribution in [0.3, 0.4) is 0 Å². The zero-order valence-electron chi connectivity index (χ0n) is 20.0. The minimum atomic E-state index is -0.507. The van der Waals surface area contributed by atoms with Crippen molar-refractivity contribution in [2.24, 2.45) is 5.41 Å². The van der Waals surface area contributed by atoms with E-state index in [1.165, 1.54) is 13.3 Å². The first kappa shape index (κ1) is 23.3. The molecule has 1 heterocycles. The number of benzene rings is 1. The molecule has 2 aliphatic carbocycles. The van der Waals surface area contributed by atoms with E-state index in [-0.39, 0.29) is 23.3 Å². The van der Waals surface area contributed by atoms with Gasteiger partial charge in [-0.2, -0.15) is 0 Å². The Hall–Kier alpha value is -2.89. The highest BCUT2D eigenvalue weighted by molar-refractivity contribution is 6.04. The second-order valence-electron chi connectivity index (χ2n) is 10.3. The standard InChI is InChI=1S/C27H33NO5/c1-16-23(26(31)33-19-8-6-5-7-9-19)24(18-10-12-20(13-11-18)32-17(2)29)25-21(28-16)14-27(3,4)15-22(25)30/h10-13,19,24,28H,5-9,14-15H2,1-4H3/t24-/m1/s1. The van der Waals surface area contributed by atoms with Gasteiger partial charge in [0.1, 0.15) is 11.9 Å². The van der Waals surface area contributed by atoms with Gasteiger partial charge in [-0.1, -0.05) is 32.4 Å². The average molecular weight is 452 g/mol. The maximum Gasteiger partial charge on any atom is 0.337 e. The zero-order valence-corrected chi connectivity index (χ0v) is 20.0. The Labute approximate surface area is 195 Å². The molecule has 1 fully saturated rings. The van der Waals surface area contributed by atoms with E-state index < -0.39 is 11.9 Å². The zero-order chi connectivity index (χ0) is 23.8. The summed E-state index contributed by atoms with van der Waals surface area (Å²) in [4.78, 5) is 38.1. The number of dihydropyridines is 1. The summed E-state index contributed by atoms with van der Waals surface area (Å²) in [5.41, 5.74) is 3.42. The fourth-order valence-electron chi connectivity index (χ4n) is 5.33.